The summed E-state index contributed by atoms with van der Waals surface area (Å²) in [5.74, 6) is -0.989. The number of amides is 2. The molecular weight excluding hydrogens is 581 g/mol. The number of nitrogens with one attached hydrogen (secondary N) is 1. The second-order valence-corrected chi connectivity index (χ2v) is 12.5. The fourth-order valence-electron chi connectivity index (χ4n) is 4.02. The topological polar surface area (TPSA) is 86.8 Å². The van der Waals surface area contributed by atoms with Crippen LogP contribution in [0.2, 0.25) is 15.1 Å². The summed E-state index contributed by atoms with van der Waals surface area (Å²) in [6, 6.07) is 19.5. The van der Waals surface area contributed by atoms with Crippen LogP contribution in [-0.2, 0) is 32.6 Å². The predicted molar refractivity (Wildman–Crippen MR) is 158 cm³/mol. The Morgan fingerprint density at radius 2 is 1.54 bits per heavy atom. The third kappa shape index (κ3) is 8.60. The van der Waals surface area contributed by atoms with Gasteiger partial charge in [0.05, 0.1) is 17.0 Å². The molecule has 0 aliphatic rings. The lowest BCUT2D eigenvalue weighted by molar-refractivity contribution is -0.140. The normalized spacial score (nSPS) is 12.2. The van der Waals surface area contributed by atoms with E-state index in [1.165, 1.54) is 23.1 Å². The van der Waals surface area contributed by atoms with E-state index in [2.05, 4.69) is 5.32 Å². The lowest BCUT2D eigenvalue weighted by Gasteiger charge is -2.34. The molecule has 3 rings (SSSR count). The van der Waals surface area contributed by atoms with Gasteiger partial charge in [0.15, 0.2) is 0 Å². The third-order valence-electron chi connectivity index (χ3n) is 5.86. The molecule has 7 nitrogen and oxygen atoms in total. The van der Waals surface area contributed by atoms with Crippen LogP contribution in [0.1, 0.15) is 25.0 Å². The van der Waals surface area contributed by atoms with Crippen molar-refractivity contribution in [2.24, 2.45) is 0 Å². The Balaban J connectivity index is 2.09. The highest BCUT2D eigenvalue weighted by Gasteiger charge is 2.34. The molecule has 0 aromatic heterocycles. The molecule has 2 amide bonds. The molecule has 0 saturated carbocycles. The molecule has 0 aliphatic carbocycles. The Labute approximate surface area is 244 Å². The smallest absolute Gasteiger partial charge is 0.244 e. The number of sulfonamides is 1. The molecule has 1 N–H and O–H groups in total. The summed E-state index contributed by atoms with van der Waals surface area (Å²) >= 11 is 18.9. The van der Waals surface area contributed by atoms with Gasteiger partial charge in [0.2, 0.25) is 21.8 Å². The van der Waals surface area contributed by atoms with E-state index in [4.69, 9.17) is 34.8 Å². The number of anilines is 1. The van der Waals surface area contributed by atoms with Crippen molar-refractivity contribution in [2.45, 2.75) is 38.9 Å². The van der Waals surface area contributed by atoms with Crippen LogP contribution in [0.15, 0.2) is 72.8 Å². The minimum absolute atomic E-state index is 0.0254. The van der Waals surface area contributed by atoms with Crippen molar-refractivity contribution in [1.29, 1.82) is 0 Å². The summed E-state index contributed by atoms with van der Waals surface area (Å²) in [5.41, 5.74) is 1.50. The molecule has 3 aromatic carbocycles. The molecule has 0 heterocycles. The third-order valence-corrected chi connectivity index (χ3v) is 7.91. The van der Waals surface area contributed by atoms with Gasteiger partial charge in [-0.1, -0.05) is 83.3 Å². The van der Waals surface area contributed by atoms with Crippen LogP contribution in [0.5, 0.6) is 0 Å². The minimum atomic E-state index is -3.97. The molecule has 0 bridgehead atoms. The van der Waals surface area contributed by atoms with Gasteiger partial charge in [0.25, 0.3) is 0 Å². The van der Waals surface area contributed by atoms with Gasteiger partial charge in [-0.25, -0.2) is 8.42 Å². The van der Waals surface area contributed by atoms with E-state index in [0.29, 0.717) is 10.6 Å². The van der Waals surface area contributed by atoms with Crippen molar-refractivity contribution in [2.75, 3.05) is 17.1 Å². The number of carbonyl (C=O) groups excluding carboxylic acids is 2. The number of hydrogen-bond donors (Lipinski definition) is 1. The van der Waals surface area contributed by atoms with E-state index in [1.807, 2.05) is 44.2 Å². The number of benzene rings is 3. The van der Waals surface area contributed by atoms with E-state index in [0.717, 1.165) is 16.1 Å². The van der Waals surface area contributed by atoms with Crippen molar-refractivity contribution in [1.82, 2.24) is 10.2 Å². The lowest BCUT2D eigenvalue weighted by Crippen LogP contribution is -2.54. The molecule has 39 heavy (non-hydrogen) atoms. The van der Waals surface area contributed by atoms with Crippen LogP contribution in [0.25, 0.3) is 0 Å². The fraction of sp³-hybridized carbons (Fsp3) is 0.286. The largest absolute Gasteiger partial charge is 0.352 e. The predicted octanol–water partition coefficient (Wildman–Crippen LogP) is 5.58. The highest BCUT2D eigenvalue weighted by molar-refractivity contribution is 7.92. The summed E-state index contributed by atoms with van der Waals surface area (Å²) in [5, 5.41) is 3.66. The zero-order valence-corrected chi connectivity index (χ0v) is 24.9. The number of nitrogens with zero attached hydrogens (tertiary/aromatic N) is 2. The molecule has 208 valence electrons. The summed E-state index contributed by atoms with van der Waals surface area (Å²) in [6.45, 7) is 3.01. The van der Waals surface area contributed by atoms with Crippen LogP contribution >= 0.6 is 34.8 Å². The first-order chi connectivity index (χ1) is 18.4. The van der Waals surface area contributed by atoms with Gasteiger partial charge in [-0.3, -0.25) is 13.9 Å². The molecule has 11 heteroatoms. The molecule has 0 fully saturated rings. The minimum Gasteiger partial charge on any atom is -0.352 e. The first-order valence-electron chi connectivity index (χ1n) is 12.2. The van der Waals surface area contributed by atoms with E-state index in [9.17, 15) is 18.0 Å². The van der Waals surface area contributed by atoms with E-state index in [-0.39, 0.29) is 40.6 Å². The molecule has 0 spiro atoms. The Bertz CT molecular complexity index is 1420. The maximum Gasteiger partial charge on any atom is 0.244 e. The van der Waals surface area contributed by atoms with Crippen LogP contribution in [-0.4, -0.2) is 50.0 Å². The summed E-state index contributed by atoms with van der Waals surface area (Å²) in [4.78, 5) is 28.9. The van der Waals surface area contributed by atoms with E-state index >= 15 is 0 Å². The average molecular weight is 611 g/mol. The number of halogens is 3. The molecule has 0 unspecified atom stereocenters. The first kappa shape index (κ1) is 30.8. The lowest BCUT2D eigenvalue weighted by atomic mass is 10.0. The van der Waals surface area contributed by atoms with Gasteiger partial charge in [-0.2, -0.15) is 0 Å². The zero-order chi connectivity index (χ0) is 28.7. The maximum atomic E-state index is 14.0. The molecular formula is C28H30Cl3N3O4S. The SMILES string of the molecule is CC(C)NC(=O)[C@H](Cc1ccccc1)N(Cc1ccccc1Cl)C(=O)CN(c1cc(Cl)ccc1Cl)S(C)(=O)=O. The van der Waals surface area contributed by atoms with Crippen molar-refractivity contribution >= 4 is 62.3 Å². The number of hydrogen-bond acceptors (Lipinski definition) is 4. The van der Waals surface area contributed by atoms with Crippen LogP contribution in [0, 0.1) is 0 Å². The monoisotopic (exact) mass is 609 g/mol. The van der Waals surface area contributed by atoms with Gasteiger partial charge in [-0.15, -0.1) is 0 Å². The summed E-state index contributed by atoms with van der Waals surface area (Å²) in [7, 11) is -3.97. The molecule has 0 saturated heterocycles. The number of carbonyl (C=O) groups is 2. The van der Waals surface area contributed by atoms with Crippen LogP contribution < -0.4 is 9.62 Å². The molecule has 3 aromatic rings. The van der Waals surface area contributed by atoms with Crippen molar-refractivity contribution in [3.05, 3.63) is 99.0 Å². The highest BCUT2D eigenvalue weighted by atomic mass is 35.5. The summed E-state index contributed by atoms with van der Waals surface area (Å²) < 4.78 is 26.6. The van der Waals surface area contributed by atoms with Gasteiger partial charge < -0.3 is 10.2 Å². The highest BCUT2D eigenvalue weighted by Crippen LogP contribution is 2.31. The first-order valence-corrected chi connectivity index (χ1v) is 15.1. The molecule has 0 aliphatic heterocycles. The second kappa shape index (κ2) is 13.5. The standard InChI is InChI=1S/C28H30Cl3N3O4S/c1-19(2)32-28(36)26(15-20-9-5-4-6-10-20)33(17-21-11-7-8-12-23(21)30)27(35)18-34(39(3,37)38)25-16-22(29)13-14-24(25)31/h4-14,16,19,26H,15,17-18H2,1-3H3,(H,32,36)/t26-/m0/s1. The van der Waals surface area contributed by atoms with E-state index < -0.39 is 28.5 Å². The Morgan fingerprint density at radius 1 is 0.897 bits per heavy atom. The van der Waals surface area contributed by atoms with Crippen LogP contribution in [0.4, 0.5) is 5.69 Å². The van der Waals surface area contributed by atoms with Gasteiger partial charge in [0.1, 0.15) is 12.6 Å². The summed E-state index contributed by atoms with van der Waals surface area (Å²) in [6.07, 6.45) is 1.18. The quantitative estimate of drug-likeness (QED) is 0.307. The van der Waals surface area contributed by atoms with Crippen LogP contribution in [0.3, 0.4) is 0 Å². The molecule has 0 radical (unpaired) electrons. The Hall–Kier alpha value is -2.78. The van der Waals surface area contributed by atoms with E-state index in [1.54, 1.807) is 24.3 Å². The second-order valence-electron chi connectivity index (χ2n) is 9.35. The maximum absolute atomic E-state index is 14.0. The van der Waals surface area contributed by atoms with Gasteiger partial charge in [-0.05, 0) is 49.2 Å². The Kier molecular flexibility index (Phi) is 10.7. The van der Waals surface area contributed by atoms with Crippen molar-refractivity contribution in [3.63, 3.8) is 0 Å². The molecule has 1 atom stereocenters. The van der Waals surface area contributed by atoms with Crippen molar-refractivity contribution in [3.8, 4) is 0 Å². The Morgan fingerprint density at radius 3 is 2.15 bits per heavy atom. The number of rotatable bonds is 11. The fourth-order valence-corrected chi connectivity index (χ4v) is 5.50. The van der Waals surface area contributed by atoms with Gasteiger partial charge in [0, 0.05) is 29.1 Å². The van der Waals surface area contributed by atoms with Crippen molar-refractivity contribution < 1.29 is 18.0 Å². The van der Waals surface area contributed by atoms with Gasteiger partial charge >= 0.3 is 0 Å². The zero-order valence-electron chi connectivity index (χ0n) is 21.8. The average Bonchev–Trinajstić information content (AvgIpc) is 2.86.